The molecule has 1 heterocycles. The van der Waals surface area contributed by atoms with Crippen molar-refractivity contribution in [3.05, 3.63) is 60.2 Å². The SMILES string of the molecule is O=C(NCc1ccccn1)NCC(O)COc1cccc(F)c1. The van der Waals surface area contributed by atoms with Gasteiger partial charge in [-0.25, -0.2) is 9.18 Å². The fourth-order valence-electron chi connectivity index (χ4n) is 1.75. The molecule has 0 spiro atoms. The lowest BCUT2D eigenvalue weighted by molar-refractivity contribution is 0.107. The molecule has 2 rings (SSSR count). The monoisotopic (exact) mass is 319 g/mol. The second-order valence-corrected chi connectivity index (χ2v) is 4.81. The van der Waals surface area contributed by atoms with Crippen molar-refractivity contribution in [2.75, 3.05) is 13.2 Å². The van der Waals surface area contributed by atoms with Gasteiger partial charge in [0.05, 0.1) is 12.2 Å². The second-order valence-electron chi connectivity index (χ2n) is 4.81. The smallest absolute Gasteiger partial charge is 0.315 e. The van der Waals surface area contributed by atoms with E-state index >= 15 is 0 Å². The average molecular weight is 319 g/mol. The van der Waals surface area contributed by atoms with Crippen molar-refractivity contribution >= 4 is 6.03 Å². The van der Waals surface area contributed by atoms with Crippen LogP contribution >= 0.6 is 0 Å². The third-order valence-corrected chi connectivity index (χ3v) is 2.89. The molecule has 122 valence electrons. The highest BCUT2D eigenvalue weighted by atomic mass is 19.1. The van der Waals surface area contributed by atoms with E-state index in [0.29, 0.717) is 12.3 Å². The van der Waals surface area contributed by atoms with E-state index in [0.717, 1.165) is 5.69 Å². The summed E-state index contributed by atoms with van der Waals surface area (Å²) in [5.74, 6) is -0.0901. The normalized spacial score (nSPS) is 11.6. The van der Waals surface area contributed by atoms with Crippen molar-refractivity contribution in [2.24, 2.45) is 0 Å². The largest absolute Gasteiger partial charge is 0.491 e. The van der Waals surface area contributed by atoms with E-state index in [1.54, 1.807) is 24.4 Å². The molecule has 1 atom stereocenters. The predicted octanol–water partition coefficient (Wildman–Crippen LogP) is 1.46. The van der Waals surface area contributed by atoms with Gasteiger partial charge in [-0.05, 0) is 24.3 Å². The molecule has 0 aliphatic heterocycles. The quantitative estimate of drug-likeness (QED) is 0.721. The summed E-state index contributed by atoms with van der Waals surface area (Å²) in [4.78, 5) is 15.7. The molecule has 0 fully saturated rings. The van der Waals surface area contributed by atoms with Crippen LogP contribution in [0.3, 0.4) is 0 Å². The number of halogens is 1. The standard InChI is InChI=1S/C16H18FN3O3/c17-12-4-3-6-15(8-12)23-11-14(21)10-20-16(22)19-9-13-5-1-2-7-18-13/h1-8,14,21H,9-11H2,(H2,19,20,22). The van der Waals surface area contributed by atoms with E-state index in [4.69, 9.17) is 4.74 Å². The Balaban J connectivity index is 1.63. The van der Waals surface area contributed by atoms with E-state index in [-0.39, 0.29) is 13.2 Å². The number of hydrogen-bond donors (Lipinski definition) is 3. The zero-order valence-electron chi connectivity index (χ0n) is 12.4. The second kappa shape index (κ2) is 8.70. The van der Waals surface area contributed by atoms with Gasteiger partial charge >= 0.3 is 6.03 Å². The molecule has 1 aromatic carbocycles. The zero-order valence-corrected chi connectivity index (χ0v) is 12.4. The van der Waals surface area contributed by atoms with Gasteiger partial charge in [-0.3, -0.25) is 4.98 Å². The molecule has 3 N–H and O–H groups in total. The highest BCUT2D eigenvalue weighted by molar-refractivity contribution is 5.73. The van der Waals surface area contributed by atoms with Crippen LogP contribution in [0.25, 0.3) is 0 Å². The number of carbonyl (C=O) groups is 1. The molecular formula is C16H18FN3O3. The minimum atomic E-state index is -0.904. The van der Waals surface area contributed by atoms with Gasteiger partial charge in [-0.2, -0.15) is 0 Å². The lowest BCUT2D eigenvalue weighted by atomic mass is 10.3. The number of urea groups is 1. The number of benzene rings is 1. The Morgan fingerprint density at radius 2 is 2.13 bits per heavy atom. The van der Waals surface area contributed by atoms with Crippen LogP contribution in [0.15, 0.2) is 48.7 Å². The Labute approximate surface area is 133 Å². The number of carbonyl (C=O) groups excluding carboxylic acids is 1. The highest BCUT2D eigenvalue weighted by Gasteiger charge is 2.08. The minimum absolute atomic E-state index is 0.0172. The van der Waals surface area contributed by atoms with Crippen molar-refractivity contribution in [3.8, 4) is 5.75 Å². The summed E-state index contributed by atoms with van der Waals surface area (Å²) < 4.78 is 18.2. The Morgan fingerprint density at radius 1 is 1.26 bits per heavy atom. The number of hydrogen-bond acceptors (Lipinski definition) is 4. The van der Waals surface area contributed by atoms with E-state index < -0.39 is 18.0 Å². The fourth-order valence-corrected chi connectivity index (χ4v) is 1.75. The van der Waals surface area contributed by atoms with Gasteiger partial charge in [0.25, 0.3) is 0 Å². The highest BCUT2D eigenvalue weighted by Crippen LogP contribution is 2.11. The third kappa shape index (κ3) is 6.31. The summed E-state index contributed by atoms with van der Waals surface area (Å²) in [7, 11) is 0. The maximum Gasteiger partial charge on any atom is 0.315 e. The zero-order chi connectivity index (χ0) is 16.5. The summed E-state index contributed by atoms with van der Waals surface area (Å²) in [6.45, 7) is 0.260. The fraction of sp³-hybridized carbons (Fsp3) is 0.250. The van der Waals surface area contributed by atoms with Gasteiger partial charge in [0.2, 0.25) is 0 Å². The van der Waals surface area contributed by atoms with Crippen LogP contribution in [0.1, 0.15) is 5.69 Å². The minimum Gasteiger partial charge on any atom is -0.491 e. The molecule has 7 heteroatoms. The molecule has 0 aliphatic carbocycles. The van der Waals surface area contributed by atoms with E-state index in [9.17, 15) is 14.3 Å². The van der Waals surface area contributed by atoms with Crippen molar-refractivity contribution in [3.63, 3.8) is 0 Å². The number of aliphatic hydroxyl groups excluding tert-OH is 1. The molecule has 2 aromatic rings. The van der Waals surface area contributed by atoms with E-state index in [1.165, 1.54) is 18.2 Å². The van der Waals surface area contributed by atoms with Crippen molar-refractivity contribution in [2.45, 2.75) is 12.6 Å². The molecule has 0 bridgehead atoms. The predicted molar refractivity (Wildman–Crippen MR) is 82.4 cm³/mol. The summed E-state index contributed by atoms with van der Waals surface area (Å²) in [5.41, 5.74) is 0.734. The topological polar surface area (TPSA) is 83.5 Å². The van der Waals surface area contributed by atoms with Crippen molar-refractivity contribution in [1.29, 1.82) is 0 Å². The van der Waals surface area contributed by atoms with Crippen LogP contribution in [0.2, 0.25) is 0 Å². The Bertz CT molecular complexity index is 625. The van der Waals surface area contributed by atoms with Crippen molar-refractivity contribution < 1.29 is 19.0 Å². The van der Waals surface area contributed by atoms with Crippen LogP contribution in [0.5, 0.6) is 5.75 Å². The molecule has 1 unspecified atom stereocenters. The molecule has 2 amide bonds. The molecule has 0 saturated carbocycles. The van der Waals surface area contributed by atoms with Gasteiger partial charge in [0.15, 0.2) is 0 Å². The molecule has 0 aliphatic rings. The molecule has 1 aromatic heterocycles. The number of ether oxygens (including phenoxy) is 1. The maximum absolute atomic E-state index is 13.0. The average Bonchev–Trinajstić information content (AvgIpc) is 2.57. The number of rotatable bonds is 7. The first-order chi connectivity index (χ1) is 11.1. The van der Waals surface area contributed by atoms with Crippen molar-refractivity contribution in [1.82, 2.24) is 15.6 Å². The summed E-state index contributed by atoms with van der Waals surface area (Å²) in [6, 6.07) is 10.6. The van der Waals surface area contributed by atoms with Gasteiger partial charge in [0.1, 0.15) is 24.3 Å². The number of nitrogens with one attached hydrogen (secondary N) is 2. The van der Waals surface area contributed by atoms with Gasteiger partial charge in [0, 0.05) is 18.8 Å². The summed E-state index contributed by atoms with van der Waals surface area (Å²) in [6.07, 6.45) is 0.737. The Hall–Kier alpha value is -2.67. The van der Waals surface area contributed by atoms with Gasteiger partial charge < -0.3 is 20.5 Å². The van der Waals surface area contributed by atoms with E-state index in [2.05, 4.69) is 15.6 Å². The maximum atomic E-state index is 13.0. The van der Waals surface area contributed by atoms with Crippen LogP contribution in [0.4, 0.5) is 9.18 Å². The van der Waals surface area contributed by atoms with Crippen LogP contribution < -0.4 is 15.4 Å². The lowest BCUT2D eigenvalue weighted by Crippen LogP contribution is -2.41. The first-order valence-electron chi connectivity index (χ1n) is 7.11. The van der Waals surface area contributed by atoms with Gasteiger partial charge in [-0.1, -0.05) is 12.1 Å². The molecule has 6 nitrogen and oxygen atoms in total. The first-order valence-corrected chi connectivity index (χ1v) is 7.11. The van der Waals surface area contributed by atoms with Crippen LogP contribution in [-0.2, 0) is 6.54 Å². The Kier molecular flexibility index (Phi) is 6.31. The van der Waals surface area contributed by atoms with Crippen LogP contribution in [-0.4, -0.2) is 35.4 Å². The van der Waals surface area contributed by atoms with Crippen LogP contribution in [0, 0.1) is 5.82 Å². The Morgan fingerprint density at radius 3 is 2.87 bits per heavy atom. The number of pyridine rings is 1. The number of aromatic nitrogens is 1. The number of nitrogens with zero attached hydrogens (tertiary/aromatic N) is 1. The molecule has 0 radical (unpaired) electrons. The molecular weight excluding hydrogens is 301 g/mol. The first kappa shape index (κ1) is 16.7. The third-order valence-electron chi connectivity index (χ3n) is 2.89. The summed E-state index contributed by atoms with van der Waals surface area (Å²) in [5, 5.41) is 14.9. The molecule has 0 saturated heterocycles. The van der Waals surface area contributed by atoms with Gasteiger partial charge in [-0.15, -0.1) is 0 Å². The number of aliphatic hydroxyl groups is 1. The van der Waals surface area contributed by atoms with E-state index in [1.807, 2.05) is 6.07 Å². The summed E-state index contributed by atoms with van der Waals surface area (Å²) >= 11 is 0. The molecule has 23 heavy (non-hydrogen) atoms. The lowest BCUT2D eigenvalue weighted by Gasteiger charge is -2.13. The number of amides is 2.